The molecule has 0 N–H and O–H groups in total. The Labute approximate surface area is 290 Å². The highest BCUT2D eigenvalue weighted by Gasteiger charge is 2.18. The maximum Gasteiger partial charge on any atom is 0.306 e. The second-order valence-electron chi connectivity index (χ2n) is 13.3. The maximum absolute atomic E-state index is 12.4. The maximum atomic E-state index is 12.4. The van der Waals surface area contributed by atoms with Gasteiger partial charge >= 0.3 is 17.9 Å². The number of carbonyl (C=O) groups is 3. The molecule has 274 valence electrons. The first-order chi connectivity index (χ1) is 23.0. The molecule has 0 aliphatic carbocycles. The molecule has 0 aromatic heterocycles. The van der Waals surface area contributed by atoms with Crippen LogP contribution in [-0.2, 0) is 28.6 Å². The van der Waals surface area contributed by atoms with E-state index in [4.69, 9.17) is 14.2 Å². The van der Waals surface area contributed by atoms with Gasteiger partial charge in [-0.2, -0.15) is 0 Å². The van der Waals surface area contributed by atoms with Crippen LogP contribution in [0.4, 0.5) is 0 Å². The molecule has 0 aromatic carbocycles. The third-order valence-electron chi connectivity index (χ3n) is 8.52. The zero-order valence-electron chi connectivity index (χ0n) is 31.0. The molecular formula is C41H74O6. The van der Waals surface area contributed by atoms with Crippen molar-refractivity contribution in [3.05, 3.63) is 24.3 Å². The van der Waals surface area contributed by atoms with Gasteiger partial charge in [0.1, 0.15) is 13.2 Å². The number of rotatable bonds is 35. The number of unbranched alkanes of at least 4 members (excludes halogenated alkanes) is 22. The molecule has 1 atom stereocenters. The average Bonchev–Trinajstić information content (AvgIpc) is 3.05. The van der Waals surface area contributed by atoms with Crippen LogP contribution in [0.1, 0.15) is 201 Å². The first-order valence-corrected chi connectivity index (χ1v) is 19.8. The van der Waals surface area contributed by atoms with Gasteiger partial charge in [-0.25, -0.2) is 0 Å². The van der Waals surface area contributed by atoms with E-state index in [2.05, 4.69) is 38.2 Å². The van der Waals surface area contributed by atoms with Gasteiger partial charge in [-0.3, -0.25) is 14.4 Å². The monoisotopic (exact) mass is 663 g/mol. The van der Waals surface area contributed by atoms with Crippen LogP contribution in [0.15, 0.2) is 24.3 Å². The Kier molecular flexibility index (Phi) is 35.1. The van der Waals surface area contributed by atoms with Gasteiger partial charge in [-0.05, 0) is 44.9 Å². The molecule has 0 aromatic rings. The molecule has 0 spiro atoms. The molecule has 0 amide bonds. The zero-order chi connectivity index (χ0) is 34.5. The summed E-state index contributed by atoms with van der Waals surface area (Å²) >= 11 is 0. The van der Waals surface area contributed by atoms with E-state index in [0.717, 1.165) is 64.2 Å². The first kappa shape index (κ1) is 44.9. The van der Waals surface area contributed by atoms with Crippen LogP contribution in [0, 0.1) is 0 Å². The van der Waals surface area contributed by atoms with E-state index >= 15 is 0 Å². The normalized spacial score (nSPS) is 12.1. The van der Waals surface area contributed by atoms with Crippen LogP contribution in [0.5, 0.6) is 0 Å². The summed E-state index contributed by atoms with van der Waals surface area (Å²) in [5.74, 6) is -1.09. The Balaban J connectivity index is 3.86. The van der Waals surface area contributed by atoms with E-state index in [9.17, 15) is 14.4 Å². The molecule has 0 saturated heterocycles. The molecular weight excluding hydrogens is 588 g/mol. The molecule has 0 bridgehead atoms. The SMILES string of the molecule is CCCCC/C=C\C/C=C\CCCCCCCC(=O)O[C@@H](COC(C)=O)COC(=O)CCCCCCCCCCCCCCCCC. The number of carbonyl (C=O) groups excluding carboxylic acids is 3. The van der Waals surface area contributed by atoms with Gasteiger partial charge in [0, 0.05) is 19.8 Å². The zero-order valence-corrected chi connectivity index (χ0v) is 31.0. The summed E-state index contributed by atoms with van der Waals surface area (Å²) < 4.78 is 15.9. The lowest BCUT2D eigenvalue weighted by molar-refractivity contribution is -0.166. The third kappa shape index (κ3) is 36.6. The third-order valence-corrected chi connectivity index (χ3v) is 8.52. The summed E-state index contributed by atoms with van der Waals surface area (Å²) in [5, 5.41) is 0. The van der Waals surface area contributed by atoms with Crippen molar-refractivity contribution in [2.75, 3.05) is 13.2 Å². The molecule has 0 aliphatic rings. The number of esters is 3. The molecule has 0 fully saturated rings. The molecule has 0 aliphatic heterocycles. The van der Waals surface area contributed by atoms with E-state index in [0.29, 0.717) is 12.8 Å². The van der Waals surface area contributed by atoms with E-state index < -0.39 is 12.1 Å². The molecule has 0 radical (unpaired) electrons. The molecule has 0 heterocycles. The van der Waals surface area contributed by atoms with Crippen molar-refractivity contribution in [2.24, 2.45) is 0 Å². The standard InChI is InChI=1S/C41H74O6/c1-4-6-8-10-12-14-16-18-20-22-24-26-28-30-32-34-40(43)46-37-39(36-45-38(3)42)47-41(44)35-33-31-29-27-25-23-21-19-17-15-13-11-9-7-5-2/h13,15,19,21,39H,4-12,14,16-18,20,22-37H2,1-3H3/b15-13-,21-19-/t39-/m0/s1. The lowest BCUT2D eigenvalue weighted by Crippen LogP contribution is -2.30. The van der Waals surface area contributed by atoms with Crippen molar-refractivity contribution in [3.63, 3.8) is 0 Å². The van der Waals surface area contributed by atoms with Crippen molar-refractivity contribution in [1.82, 2.24) is 0 Å². The summed E-state index contributed by atoms with van der Waals surface area (Å²) in [4.78, 5) is 35.9. The van der Waals surface area contributed by atoms with E-state index in [1.54, 1.807) is 0 Å². The van der Waals surface area contributed by atoms with Gasteiger partial charge < -0.3 is 14.2 Å². The van der Waals surface area contributed by atoms with E-state index in [1.807, 2.05) is 0 Å². The number of hydrogen-bond acceptors (Lipinski definition) is 6. The topological polar surface area (TPSA) is 78.9 Å². The Morgan fingerprint density at radius 1 is 0.468 bits per heavy atom. The largest absolute Gasteiger partial charge is 0.462 e. The molecule has 47 heavy (non-hydrogen) atoms. The lowest BCUT2D eigenvalue weighted by Gasteiger charge is -2.17. The molecule has 6 nitrogen and oxygen atoms in total. The number of ether oxygens (including phenoxy) is 3. The van der Waals surface area contributed by atoms with Crippen molar-refractivity contribution < 1.29 is 28.6 Å². The van der Waals surface area contributed by atoms with Crippen molar-refractivity contribution in [2.45, 2.75) is 207 Å². The van der Waals surface area contributed by atoms with Gasteiger partial charge in [0.2, 0.25) is 0 Å². The highest BCUT2D eigenvalue weighted by molar-refractivity contribution is 5.70. The van der Waals surface area contributed by atoms with Gasteiger partial charge in [-0.1, -0.05) is 160 Å². The van der Waals surface area contributed by atoms with Crippen LogP contribution in [0.2, 0.25) is 0 Å². The Bertz CT molecular complexity index is 774. The minimum Gasteiger partial charge on any atom is -0.462 e. The van der Waals surface area contributed by atoms with Crippen molar-refractivity contribution >= 4 is 17.9 Å². The summed E-state index contributed by atoms with van der Waals surface area (Å²) in [6.45, 7) is 5.62. The van der Waals surface area contributed by atoms with Gasteiger partial charge in [0.25, 0.3) is 0 Å². The highest BCUT2D eigenvalue weighted by atomic mass is 16.6. The number of allylic oxidation sites excluding steroid dienone is 4. The lowest BCUT2D eigenvalue weighted by atomic mass is 10.0. The molecule has 0 unspecified atom stereocenters. The smallest absolute Gasteiger partial charge is 0.306 e. The fourth-order valence-corrected chi connectivity index (χ4v) is 5.55. The minimum atomic E-state index is -0.769. The summed E-state index contributed by atoms with van der Waals surface area (Å²) in [7, 11) is 0. The van der Waals surface area contributed by atoms with Gasteiger partial charge in [-0.15, -0.1) is 0 Å². The molecule has 0 saturated carbocycles. The molecule has 6 heteroatoms. The average molecular weight is 663 g/mol. The Morgan fingerprint density at radius 3 is 1.34 bits per heavy atom. The Hall–Kier alpha value is -2.11. The number of hydrogen-bond donors (Lipinski definition) is 0. The Morgan fingerprint density at radius 2 is 0.851 bits per heavy atom. The van der Waals surface area contributed by atoms with E-state index in [-0.39, 0.29) is 25.2 Å². The second-order valence-corrected chi connectivity index (χ2v) is 13.3. The fraction of sp³-hybridized carbons (Fsp3) is 0.829. The quantitative estimate of drug-likeness (QED) is 0.0291. The van der Waals surface area contributed by atoms with Crippen molar-refractivity contribution in [3.8, 4) is 0 Å². The van der Waals surface area contributed by atoms with Crippen LogP contribution in [0.3, 0.4) is 0 Å². The van der Waals surface area contributed by atoms with Crippen LogP contribution in [-0.4, -0.2) is 37.2 Å². The predicted octanol–water partition coefficient (Wildman–Crippen LogP) is 12.1. The van der Waals surface area contributed by atoms with Crippen LogP contribution >= 0.6 is 0 Å². The molecule has 0 rings (SSSR count). The first-order valence-electron chi connectivity index (χ1n) is 19.8. The highest BCUT2D eigenvalue weighted by Crippen LogP contribution is 2.14. The summed E-state index contributed by atoms with van der Waals surface area (Å²) in [6, 6.07) is 0. The van der Waals surface area contributed by atoms with Crippen molar-refractivity contribution in [1.29, 1.82) is 0 Å². The predicted molar refractivity (Wildman–Crippen MR) is 196 cm³/mol. The van der Waals surface area contributed by atoms with Gasteiger partial charge in [0.05, 0.1) is 0 Å². The summed E-state index contributed by atoms with van der Waals surface area (Å²) in [5.41, 5.74) is 0. The van der Waals surface area contributed by atoms with Gasteiger partial charge in [0.15, 0.2) is 6.10 Å². The summed E-state index contributed by atoms with van der Waals surface area (Å²) in [6.07, 6.45) is 40.5. The fourth-order valence-electron chi connectivity index (χ4n) is 5.55. The van der Waals surface area contributed by atoms with Crippen LogP contribution in [0.25, 0.3) is 0 Å². The van der Waals surface area contributed by atoms with Crippen LogP contribution < -0.4 is 0 Å². The second kappa shape index (κ2) is 36.7. The van der Waals surface area contributed by atoms with E-state index in [1.165, 1.54) is 110 Å². The minimum absolute atomic E-state index is 0.0846.